The normalized spacial score (nSPS) is 10.3. The van der Waals surface area contributed by atoms with E-state index in [2.05, 4.69) is 15.5 Å². The molecule has 0 saturated carbocycles. The van der Waals surface area contributed by atoms with Gasteiger partial charge in [0.05, 0.1) is 25.0 Å². The number of nitrogens with zero attached hydrogens (tertiary/aromatic N) is 3. The summed E-state index contributed by atoms with van der Waals surface area (Å²) in [5, 5.41) is 18.9. The van der Waals surface area contributed by atoms with Crippen LogP contribution in [-0.4, -0.2) is 44.7 Å². The third kappa shape index (κ3) is 4.96. The zero-order valence-electron chi connectivity index (χ0n) is 13.8. The van der Waals surface area contributed by atoms with Crippen molar-refractivity contribution in [2.45, 2.75) is 18.0 Å². The lowest BCUT2D eigenvalue weighted by atomic mass is 10.2. The number of aromatic nitrogens is 3. The monoisotopic (exact) mass is 379 g/mol. The maximum atomic E-state index is 12.1. The van der Waals surface area contributed by atoms with Crippen LogP contribution in [0.2, 0.25) is 0 Å². The van der Waals surface area contributed by atoms with Crippen molar-refractivity contribution >= 4 is 29.3 Å². The number of nitrogen functional groups attached to an aromatic ring is 1. The Morgan fingerprint density at radius 1 is 1.35 bits per heavy atom. The number of carbonyl (C=O) groups is 2. The van der Waals surface area contributed by atoms with E-state index >= 15 is 0 Å². The summed E-state index contributed by atoms with van der Waals surface area (Å²) >= 11 is 0.930. The molecular weight excluding hydrogens is 362 g/mol. The largest absolute Gasteiger partial charge is 0.495 e. The molecule has 0 bridgehead atoms. The van der Waals surface area contributed by atoms with E-state index in [1.165, 1.54) is 7.11 Å². The fourth-order valence-corrected chi connectivity index (χ4v) is 2.62. The Bertz CT molecular complexity index is 870. The van der Waals surface area contributed by atoms with Crippen LogP contribution in [0.3, 0.4) is 0 Å². The number of carboxylic acid groups (broad SMARTS) is 1. The van der Waals surface area contributed by atoms with Gasteiger partial charge in [-0.25, -0.2) is 0 Å². The van der Waals surface area contributed by atoms with Gasteiger partial charge in [0.15, 0.2) is 0 Å². The number of aryl methyl sites for hydroxylation is 1. The highest BCUT2D eigenvalue weighted by molar-refractivity contribution is 7.99. The summed E-state index contributed by atoms with van der Waals surface area (Å²) in [6.45, 7) is 0. The van der Waals surface area contributed by atoms with Crippen LogP contribution in [-0.2, 0) is 16.0 Å². The third-order valence-electron chi connectivity index (χ3n) is 3.22. The van der Waals surface area contributed by atoms with Gasteiger partial charge in [-0.2, -0.15) is 4.68 Å². The number of amides is 1. The summed E-state index contributed by atoms with van der Waals surface area (Å²) in [4.78, 5) is 34.7. The molecule has 0 saturated heterocycles. The first-order chi connectivity index (χ1) is 12.4. The van der Waals surface area contributed by atoms with Gasteiger partial charge in [-0.3, -0.25) is 14.4 Å². The number of thioether (sulfide) groups is 1. The van der Waals surface area contributed by atoms with Gasteiger partial charge in [-0.05, 0) is 12.1 Å². The van der Waals surface area contributed by atoms with Crippen LogP contribution in [0.15, 0.2) is 34.2 Å². The van der Waals surface area contributed by atoms with Gasteiger partial charge in [0.25, 0.3) is 5.56 Å². The first kappa shape index (κ1) is 19.2. The first-order valence-electron chi connectivity index (χ1n) is 7.43. The molecule has 1 aromatic carbocycles. The zero-order chi connectivity index (χ0) is 19.1. The van der Waals surface area contributed by atoms with Crippen molar-refractivity contribution in [2.24, 2.45) is 0 Å². The summed E-state index contributed by atoms with van der Waals surface area (Å²) in [6, 6.07) is 6.93. The van der Waals surface area contributed by atoms with Crippen molar-refractivity contribution in [3.63, 3.8) is 0 Å². The molecule has 0 spiro atoms. The van der Waals surface area contributed by atoms with Gasteiger partial charge in [0.1, 0.15) is 11.4 Å². The number of hydrogen-bond acceptors (Lipinski definition) is 8. The van der Waals surface area contributed by atoms with Crippen LogP contribution >= 0.6 is 11.8 Å². The standard InChI is InChI=1S/C15H17N5O5S/c1-25-11-5-3-2-4-9(11)17-12(21)8-26-15-19-18-10(6-7-13(22)23)14(24)20(15)16/h2-5H,6-8,16H2,1H3,(H,17,21)(H,22,23). The van der Waals surface area contributed by atoms with Crippen LogP contribution in [0.1, 0.15) is 12.1 Å². The van der Waals surface area contributed by atoms with E-state index < -0.39 is 11.5 Å². The second kappa shape index (κ2) is 8.85. The van der Waals surface area contributed by atoms with E-state index in [9.17, 15) is 14.4 Å². The number of benzene rings is 1. The first-order valence-corrected chi connectivity index (χ1v) is 8.42. The highest BCUT2D eigenvalue weighted by atomic mass is 32.2. The lowest BCUT2D eigenvalue weighted by molar-refractivity contribution is -0.137. The summed E-state index contributed by atoms with van der Waals surface area (Å²) in [6.07, 6.45) is -0.324. The van der Waals surface area contributed by atoms with Crippen LogP contribution < -0.4 is 21.5 Å². The van der Waals surface area contributed by atoms with E-state index in [4.69, 9.17) is 15.7 Å². The number of nitrogens with one attached hydrogen (secondary N) is 1. The Balaban J connectivity index is 2.00. The lowest BCUT2D eigenvalue weighted by Crippen LogP contribution is -2.34. The third-order valence-corrected chi connectivity index (χ3v) is 4.16. The molecule has 0 aliphatic rings. The molecule has 10 nitrogen and oxygen atoms in total. The van der Waals surface area contributed by atoms with Gasteiger partial charge >= 0.3 is 5.97 Å². The van der Waals surface area contributed by atoms with Crippen molar-refractivity contribution in [3.05, 3.63) is 40.3 Å². The SMILES string of the molecule is COc1ccccc1NC(=O)CSc1nnc(CCC(=O)O)c(=O)n1N. The number of carboxylic acids is 1. The van der Waals surface area contributed by atoms with E-state index in [0.29, 0.717) is 11.4 Å². The average molecular weight is 379 g/mol. The zero-order valence-corrected chi connectivity index (χ0v) is 14.7. The highest BCUT2D eigenvalue weighted by Gasteiger charge is 2.14. The van der Waals surface area contributed by atoms with Gasteiger partial charge in [0.2, 0.25) is 11.1 Å². The van der Waals surface area contributed by atoms with E-state index in [0.717, 1.165) is 16.4 Å². The molecule has 2 rings (SSSR count). The van der Waals surface area contributed by atoms with E-state index in [1.807, 2.05) is 0 Å². The number of anilines is 1. The molecule has 1 amide bonds. The molecule has 2 aromatic rings. The molecular formula is C15H17N5O5S. The molecule has 11 heteroatoms. The van der Waals surface area contributed by atoms with Crippen molar-refractivity contribution in [1.82, 2.24) is 14.9 Å². The molecule has 0 aliphatic heterocycles. The second-order valence-corrected chi connectivity index (χ2v) is 5.98. The Labute approximate surface area is 152 Å². The van der Waals surface area contributed by atoms with E-state index in [-0.39, 0.29) is 35.4 Å². The predicted octanol–water partition coefficient (Wildman–Crippen LogP) is 0.109. The second-order valence-electron chi connectivity index (χ2n) is 5.04. The molecule has 26 heavy (non-hydrogen) atoms. The number of aliphatic carboxylic acids is 1. The molecule has 0 unspecified atom stereocenters. The summed E-state index contributed by atoms with van der Waals surface area (Å²) in [5.41, 5.74) is -0.174. The molecule has 0 atom stereocenters. The van der Waals surface area contributed by atoms with Crippen molar-refractivity contribution in [1.29, 1.82) is 0 Å². The topological polar surface area (TPSA) is 149 Å². The highest BCUT2D eigenvalue weighted by Crippen LogP contribution is 2.23. The molecule has 1 heterocycles. The Morgan fingerprint density at radius 2 is 2.08 bits per heavy atom. The Hall–Kier alpha value is -3.08. The van der Waals surface area contributed by atoms with Crippen molar-refractivity contribution in [3.8, 4) is 5.75 Å². The van der Waals surface area contributed by atoms with Gasteiger partial charge in [-0.15, -0.1) is 10.2 Å². The number of rotatable bonds is 8. The van der Waals surface area contributed by atoms with Crippen molar-refractivity contribution < 1.29 is 19.4 Å². The molecule has 0 fully saturated rings. The smallest absolute Gasteiger partial charge is 0.303 e. The van der Waals surface area contributed by atoms with E-state index in [1.54, 1.807) is 24.3 Å². The summed E-state index contributed by atoms with van der Waals surface area (Å²) in [5.74, 6) is 4.72. The molecule has 0 radical (unpaired) electrons. The van der Waals surface area contributed by atoms with Gasteiger partial charge < -0.3 is 21.0 Å². The summed E-state index contributed by atoms with van der Waals surface area (Å²) in [7, 11) is 1.49. The number of nitrogens with two attached hydrogens (primary N) is 1. The number of ether oxygens (including phenoxy) is 1. The minimum Gasteiger partial charge on any atom is -0.495 e. The Kier molecular flexibility index (Phi) is 6.55. The van der Waals surface area contributed by atoms with Crippen molar-refractivity contribution in [2.75, 3.05) is 24.0 Å². The fraction of sp³-hybridized carbons (Fsp3) is 0.267. The minimum atomic E-state index is -1.05. The van der Waals surface area contributed by atoms with Gasteiger partial charge in [0, 0.05) is 6.42 Å². The minimum absolute atomic E-state index is 0.0438. The maximum absolute atomic E-state index is 12.1. The van der Waals surface area contributed by atoms with Crippen LogP contribution in [0.4, 0.5) is 5.69 Å². The maximum Gasteiger partial charge on any atom is 0.303 e. The molecule has 4 N–H and O–H groups in total. The fourth-order valence-electron chi connectivity index (χ4n) is 1.96. The lowest BCUT2D eigenvalue weighted by Gasteiger charge is -2.10. The van der Waals surface area contributed by atoms with Gasteiger partial charge in [-0.1, -0.05) is 23.9 Å². The average Bonchev–Trinajstić information content (AvgIpc) is 2.62. The number of carbonyl (C=O) groups excluding carboxylic acids is 1. The molecule has 138 valence electrons. The van der Waals surface area contributed by atoms with Crippen LogP contribution in [0, 0.1) is 0 Å². The number of para-hydroxylation sites is 2. The molecule has 1 aromatic heterocycles. The Morgan fingerprint density at radius 3 is 2.77 bits per heavy atom. The van der Waals surface area contributed by atoms with Crippen LogP contribution in [0.5, 0.6) is 5.75 Å². The quantitative estimate of drug-likeness (QED) is 0.429. The number of methoxy groups -OCH3 is 1. The van der Waals surface area contributed by atoms with Crippen LogP contribution in [0.25, 0.3) is 0 Å². The summed E-state index contributed by atoms with van der Waals surface area (Å²) < 4.78 is 5.90. The molecule has 0 aliphatic carbocycles. The predicted molar refractivity (Wildman–Crippen MR) is 94.7 cm³/mol. The number of hydrogen-bond donors (Lipinski definition) is 3.